The van der Waals surface area contributed by atoms with Crippen LogP contribution in [0.1, 0.15) is 18.4 Å². The number of amides is 1. The van der Waals surface area contributed by atoms with Crippen LogP contribution in [0.3, 0.4) is 0 Å². The number of aromatic nitrogens is 2. The topological polar surface area (TPSA) is 52.6 Å². The van der Waals surface area contributed by atoms with Crippen molar-refractivity contribution in [2.24, 2.45) is 0 Å². The number of nitrogens with zero attached hydrogens (tertiary/aromatic N) is 5. The molecule has 2 fully saturated rings. The molecule has 3 heterocycles. The molecule has 148 valence electrons. The number of halogens is 2. The highest BCUT2D eigenvalue weighted by molar-refractivity contribution is 6.31. The number of piperazine rings is 1. The van der Waals surface area contributed by atoms with Crippen molar-refractivity contribution in [2.75, 3.05) is 49.1 Å². The average molecular weight is 404 g/mol. The van der Waals surface area contributed by atoms with Crippen molar-refractivity contribution in [3.8, 4) is 0 Å². The molecule has 0 unspecified atom stereocenters. The fraction of sp³-hybridized carbons (Fsp3) is 0.450. The first-order chi connectivity index (χ1) is 13.6. The second kappa shape index (κ2) is 8.31. The van der Waals surface area contributed by atoms with Gasteiger partial charge in [0, 0.05) is 49.9 Å². The maximum absolute atomic E-state index is 13.9. The zero-order chi connectivity index (χ0) is 19.5. The Balaban J connectivity index is 1.33. The van der Waals surface area contributed by atoms with E-state index >= 15 is 0 Å². The van der Waals surface area contributed by atoms with Crippen LogP contribution in [0.15, 0.2) is 30.3 Å². The lowest BCUT2D eigenvalue weighted by Gasteiger charge is -2.35. The van der Waals surface area contributed by atoms with Crippen molar-refractivity contribution in [3.63, 3.8) is 0 Å². The highest BCUT2D eigenvalue weighted by Gasteiger charge is 2.24. The molecule has 1 amide bonds. The number of anilines is 2. The lowest BCUT2D eigenvalue weighted by atomic mass is 10.1. The van der Waals surface area contributed by atoms with Gasteiger partial charge in [-0.3, -0.25) is 4.79 Å². The van der Waals surface area contributed by atoms with Crippen LogP contribution < -0.4 is 9.80 Å². The van der Waals surface area contributed by atoms with E-state index in [1.165, 1.54) is 18.9 Å². The van der Waals surface area contributed by atoms with Gasteiger partial charge in [-0.15, -0.1) is 10.2 Å². The van der Waals surface area contributed by atoms with Gasteiger partial charge in [-0.1, -0.05) is 17.7 Å². The molecule has 0 aliphatic carbocycles. The summed E-state index contributed by atoms with van der Waals surface area (Å²) in [6.07, 6.45) is 2.39. The van der Waals surface area contributed by atoms with Gasteiger partial charge >= 0.3 is 0 Å². The van der Waals surface area contributed by atoms with Crippen molar-refractivity contribution in [3.05, 3.63) is 46.7 Å². The Morgan fingerprint density at radius 3 is 2.11 bits per heavy atom. The molecule has 1 aromatic carbocycles. The number of benzene rings is 1. The van der Waals surface area contributed by atoms with E-state index in [1.807, 2.05) is 12.1 Å². The van der Waals surface area contributed by atoms with Crippen LogP contribution >= 0.6 is 11.6 Å². The second-order valence-corrected chi connectivity index (χ2v) is 7.60. The number of rotatable bonds is 4. The molecular formula is C20H23ClFN5O. The zero-order valence-corrected chi connectivity index (χ0v) is 16.4. The third-order valence-electron chi connectivity index (χ3n) is 5.41. The summed E-state index contributed by atoms with van der Waals surface area (Å²) in [4.78, 5) is 18.7. The van der Waals surface area contributed by atoms with Crippen molar-refractivity contribution in [2.45, 2.75) is 19.3 Å². The third-order valence-corrected chi connectivity index (χ3v) is 5.77. The Hall–Kier alpha value is -2.41. The standard InChI is InChI=1S/C20H23ClFN5O/c21-16-4-3-5-17(22)15(16)14-20(28)27-12-10-26(11-13-27)19-7-6-18(23-24-19)25-8-1-2-9-25/h3-7H,1-2,8-14H2. The molecule has 2 saturated heterocycles. The molecule has 0 radical (unpaired) electrons. The fourth-order valence-electron chi connectivity index (χ4n) is 3.75. The van der Waals surface area contributed by atoms with Crippen LogP contribution in [0.25, 0.3) is 0 Å². The molecule has 6 nitrogen and oxygen atoms in total. The second-order valence-electron chi connectivity index (χ2n) is 7.19. The number of carbonyl (C=O) groups is 1. The molecule has 2 aliphatic heterocycles. The molecule has 1 aromatic heterocycles. The Kier molecular flexibility index (Phi) is 5.62. The van der Waals surface area contributed by atoms with E-state index in [9.17, 15) is 9.18 Å². The SMILES string of the molecule is O=C(Cc1c(F)cccc1Cl)N1CCN(c2ccc(N3CCCC3)nn2)CC1. The van der Waals surface area contributed by atoms with E-state index in [0.29, 0.717) is 31.2 Å². The first kappa shape index (κ1) is 18.9. The van der Waals surface area contributed by atoms with Crippen molar-refractivity contribution in [1.29, 1.82) is 0 Å². The smallest absolute Gasteiger partial charge is 0.227 e. The van der Waals surface area contributed by atoms with Gasteiger partial charge in [0.15, 0.2) is 11.6 Å². The van der Waals surface area contributed by atoms with Crippen molar-refractivity contribution < 1.29 is 9.18 Å². The van der Waals surface area contributed by atoms with Gasteiger partial charge in [-0.2, -0.15) is 0 Å². The summed E-state index contributed by atoms with van der Waals surface area (Å²) >= 11 is 6.04. The largest absolute Gasteiger partial charge is 0.355 e. The molecule has 2 aromatic rings. The molecular weight excluding hydrogens is 381 g/mol. The van der Waals surface area contributed by atoms with E-state index in [2.05, 4.69) is 20.0 Å². The maximum Gasteiger partial charge on any atom is 0.227 e. The number of hydrogen-bond donors (Lipinski definition) is 0. The fourth-order valence-corrected chi connectivity index (χ4v) is 3.98. The zero-order valence-electron chi connectivity index (χ0n) is 15.7. The van der Waals surface area contributed by atoms with Crippen LogP contribution in [-0.2, 0) is 11.2 Å². The predicted molar refractivity (Wildman–Crippen MR) is 107 cm³/mol. The van der Waals surface area contributed by atoms with Crippen LogP contribution in [0.5, 0.6) is 0 Å². The molecule has 28 heavy (non-hydrogen) atoms. The van der Waals surface area contributed by atoms with Gasteiger partial charge in [0.1, 0.15) is 5.82 Å². The Morgan fingerprint density at radius 1 is 0.929 bits per heavy atom. The van der Waals surface area contributed by atoms with Crippen LogP contribution in [0.2, 0.25) is 5.02 Å². The summed E-state index contributed by atoms with van der Waals surface area (Å²) in [6, 6.07) is 8.50. The van der Waals surface area contributed by atoms with E-state index < -0.39 is 5.82 Å². The minimum absolute atomic E-state index is 0.0180. The maximum atomic E-state index is 13.9. The summed E-state index contributed by atoms with van der Waals surface area (Å²) in [5, 5.41) is 9.03. The van der Waals surface area contributed by atoms with E-state index in [-0.39, 0.29) is 17.9 Å². The van der Waals surface area contributed by atoms with Crippen molar-refractivity contribution in [1.82, 2.24) is 15.1 Å². The van der Waals surface area contributed by atoms with Gasteiger partial charge in [0.05, 0.1) is 6.42 Å². The minimum atomic E-state index is -0.437. The molecule has 0 saturated carbocycles. The van der Waals surface area contributed by atoms with Gasteiger partial charge in [0.25, 0.3) is 0 Å². The number of hydrogen-bond acceptors (Lipinski definition) is 5. The Morgan fingerprint density at radius 2 is 1.54 bits per heavy atom. The van der Waals surface area contributed by atoms with Gasteiger partial charge in [-0.05, 0) is 37.1 Å². The predicted octanol–water partition coefficient (Wildman–Crippen LogP) is 2.76. The third kappa shape index (κ3) is 4.04. The molecule has 0 N–H and O–H groups in total. The summed E-state index contributed by atoms with van der Waals surface area (Å²) in [5.74, 6) is 1.21. The van der Waals surface area contributed by atoms with Crippen molar-refractivity contribution >= 4 is 29.1 Å². The average Bonchev–Trinajstić information content (AvgIpc) is 3.26. The molecule has 0 bridgehead atoms. The summed E-state index contributed by atoms with van der Waals surface area (Å²) in [5.41, 5.74) is 0.264. The molecule has 8 heteroatoms. The Labute approximate surface area is 168 Å². The molecule has 4 rings (SSSR count). The molecule has 2 aliphatic rings. The highest BCUT2D eigenvalue weighted by atomic mass is 35.5. The summed E-state index contributed by atoms with van der Waals surface area (Å²) in [6.45, 7) is 4.57. The van der Waals surface area contributed by atoms with Crippen LogP contribution in [0, 0.1) is 5.82 Å². The quantitative estimate of drug-likeness (QED) is 0.785. The normalized spacial score (nSPS) is 17.3. The van der Waals surface area contributed by atoms with Gasteiger partial charge in [-0.25, -0.2) is 4.39 Å². The first-order valence-corrected chi connectivity index (χ1v) is 10.0. The van der Waals surface area contributed by atoms with Crippen LogP contribution in [-0.4, -0.2) is 60.3 Å². The number of carbonyl (C=O) groups excluding carboxylic acids is 1. The highest BCUT2D eigenvalue weighted by Crippen LogP contribution is 2.22. The van der Waals surface area contributed by atoms with E-state index in [0.717, 1.165) is 24.7 Å². The molecule has 0 atom stereocenters. The molecule has 0 spiro atoms. The van der Waals surface area contributed by atoms with E-state index in [4.69, 9.17) is 11.6 Å². The summed E-state index contributed by atoms with van der Waals surface area (Å²) in [7, 11) is 0. The van der Waals surface area contributed by atoms with Crippen LogP contribution in [0.4, 0.5) is 16.0 Å². The monoisotopic (exact) mass is 403 g/mol. The Bertz CT molecular complexity index is 813. The first-order valence-electron chi connectivity index (χ1n) is 9.66. The summed E-state index contributed by atoms with van der Waals surface area (Å²) < 4.78 is 13.9. The minimum Gasteiger partial charge on any atom is -0.355 e. The lowest BCUT2D eigenvalue weighted by molar-refractivity contribution is -0.130. The van der Waals surface area contributed by atoms with E-state index in [1.54, 1.807) is 17.0 Å². The van der Waals surface area contributed by atoms with Gasteiger partial charge < -0.3 is 14.7 Å². The lowest BCUT2D eigenvalue weighted by Crippen LogP contribution is -2.49. The van der Waals surface area contributed by atoms with Gasteiger partial charge in [0.2, 0.25) is 5.91 Å².